The van der Waals surface area contributed by atoms with Gasteiger partial charge in [-0.1, -0.05) is 11.6 Å². The molecule has 0 aliphatic rings. The summed E-state index contributed by atoms with van der Waals surface area (Å²) >= 11 is 5.73. The quantitative estimate of drug-likeness (QED) is 0.780. The molecule has 2 aromatic heterocycles. The van der Waals surface area contributed by atoms with E-state index >= 15 is 0 Å². The minimum absolute atomic E-state index is 0.0739. The molecule has 3 rings (SSSR count). The van der Waals surface area contributed by atoms with Crippen molar-refractivity contribution in [3.63, 3.8) is 0 Å². The fourth-order valence-electron chi connectivity index (χ4n) is 1.94. The zero-order valence-electron chi connectivity index (χ0n) is 10.7. The SMILES string of the molecule is O=c1c(Cl)c[nH]cc1NCc1cc2nccnc2cc1F. The molecule has 0 radical (unpaired) electrons. The highest BCUT2D eigenvalue weighted by atomic mass is 35.5. The minimum atomic E-state index is -0.408. The maximum absolute atomic E-state index is 14.0. The first-order valence-electron chi connectivity index (χ1n) is 6.15. The van der Waals surface area contributed by atoms with Gasteiger partial charge in [0.15, 0.2) is 0 Å². The Labute approximate surface area is 123 Å². The summed E-state index contributed by atoms with van der Waals surface area (Å²) in [5.74, 6) is -0.408. The van der Waals surface area contributed by atoms with Gasteiger partial charge in [0.2, 0.25) is 5.43 Å². The molecule has 7 heteroatoms. The fraction of sp³-hybridized carbons (Fsp3) is 0.0714. The summed E-state index contributed by atoms with van der Waals surface area (Å²) in [7, 11) is 0. The van der Waals surface area contributed by atoms with Gasteiger partial charge in [-0.05, 0) is 6.07 Å². The topological polar surface area (TPSA) is 70.7 Å². The van der Waals surface area contributed by atoms with E-state index in [1.807, 2.05) is 0 Å². The summed E-state index contributed by atoms with van der Waals surface area (Å²) in [6, 6.07) is 2.92. The number of nitrogens with zero attached hydrogens (tertiary/aromatic N) is 2. The molecule has 0 bridgehead atoms. The number of H-pyrrole nitrogens is 1. The summed E-state index contributed by atoms with van der Waals surface area (Å²) in [6.07, 6.45) is 5.92. The van der Waals surface area contributed by atoms with Crippen LogP contribution in [0.4, 0.5) is 10.1 Å². The summed E-state index contributed by atoms with van der Waals surface area (Å²) in [6.45, 7) is 0.141. The summed E-state index contributed by atoms with van der Waals surface area (Å²) in [4.78, 5) is 22.7. The lowest BCUT2D eigenvalue weighted by Gasteiger charge is -2.08. The van der Waals surface area contributed by atoms with Gasteiger partial charge in [-0.3, -0.25) is 14.8 Å². The average Bonchev–Trinajstić information content (AvgIpc) is 2.49. The molecule has 0 fully saturated rings. The molecule has 0 unspecified atom stereocenters. The molecule has 3 aromatic rings. The van der Waals surface area contributed by atoms with Crippen LogP contribution in [0.15, 0.2) is 41.7 Å². The van der Waals surface area contributed by atoms with Crippen LogP contribution in [0.1, 0.15) is 5.56 Å². The Morgan fingerprint density at radius 2 is 1.90 bits per heavy atom. The minimum Gasteiger partial charge on any atom is -0.376 e. The predicted molar refractivity (Wildman–Crippen MR) is 78.9 cm³/mol. The predicted octanol–water partition coefficient (Wildman–Crippen LogP) is 2.72. The van der Waals surface area contributed by atoms with Gasteiger partial charge in [-0.25, -0.2) is 4.39 Å². The Morgan fingerprint density at radius 3 is 2.67 bits per heavy atom. The molecule has 0 saturated heterocycles. The second-order valence-electron chi connectivity index (χ2n) is 4.39. The number of aromatic amines is 1. The Hall–Kier alpha value is -2.47. The van der Waals surface area contributed by atoms with Crippen molar-refractivity contribution in [1.82, 2.24) is 15.0 Å². The lowest BCUT2D eigenvalue weighted by molar-refractivity contribution is 0.614. The van der Waals surface area contributed by atoms with Crippen molar-refractivity contribution in [3.05, 3.63) is 63.5 Å². The second kappa shape index (κ2) is 5.49. The molecule has 5 nitrogen and oxygen atoms in total. The zero-order valence-corrected chi connectivity index (χ0v) is 11.5. The van der Waals surface area contributed by atoms with Crippen molar-refractivity contribution >= 4 is 28.3 Å². The summed E-state index contributed by atoms with van der Waals surface area (Å²) < 4.78 is 14.0. The number of rotatable bonds is 3. The maximum Gasteiger partial charge on any atom is 0.223 e. The van der Waals surface area contributed by atoms with Gasteiger partial charge < -0.3 is 10.3 Å². The van der Waals surface area contributed by atoms with Crippen molar-refractivity contribution in [3.8, 4) is 0 Å². The van der Waals surface area contributed by atoms with Gasteiger partial charge in [-0.2, -0.15) is 0 Å². The third-order valence-corrected chi connectivity index (χ3v) is 3.29. The lowest BCUT2D eigenvalue weighted by atomic mass is 10.1. The van der Waals surface area contributed by atoms with E-state index in [0.717, 1.165) is 0 Å². The molecule has 0 amide bonds. The third-order valence-electron chi connectivity index (χ3n) is 3.01. The normalized spacial score (nSPS) is 10.8. The molecule has 0 saturated carbocycles. The number of benzene rings is 1. The van der Waals surface area contributed by atoms with Gasteiger partial charge in [0.1, 0.15) is 16.5 Å². The number of aromatic nitrogens is 3. The molecule has 0 aliphatic heterocycles. The Bertz CT molecular complexity index is 865. The maximum atomic E-state index is 14.0. The first-order chi connectivity index (χ1) is 10.1. The van der Waals surface area contributed by atoms with Gasteiger partial charge >= 0.3 is 0 Å². The largest absolute Gasteiger partial charge is 0.376 e. The molecule has 1 aromatic carbocycles. The molecule has 2 N–H and O–H groups in total. The van der Waals surface area contributed by atoms with Gasteiger partial charge in [0.05, 0.1) is 11.0 Å². The third kappa shape index (κ3) is 2.71. The van der Waals surface area contributed by atoms with Crippen LogP contribution in [0.25, 0.3) is 11.0 Å². The van der Waals surface area contributed by atoms with Crippen LogP contribution in [0.3, 0.4) is 0 Å². The van der Waals surface area contributed by atoms with E-state index in [-0.39, 0.29) is 22.7 Å². The number of halogens is 2. The zero-order chi connectivity index (χ0) is 14.8. The smallest absolute Gasteiger partial charge is 0.223 e. The molecular formula is C14H10ClFN4O. The van der Waals surface area contributed by atoms with Crippen LogP contribution in [0, 0.1) is 5.82 Å². The van der Waals surface area contributed by atoms with E-state index in [1.54, 1.807) is 12.3 Å². The average molecular weight is 305 g/mol. The van der Waals surface area contributed by atoms with Crippen molar-refractivity contribution in [2.75, 3.05) is 5.32 Å². The Morgan fingerprint density at radius 1 is 1.19 bits per heavy atom. The highest BCUT2D eigenvalue weighted by Crippen LogP contribution is 2.16. The Kier molecular flexibility index (Phi) is 3.53. The van der Waals surface area contributed by atoms with Crippen molar-refractivity contribution in [1.29, 1.82) is 0 Å². The van der Waals surface area contributed by atoms with E-state index in [2.05, 4.69) is 20.3 Å². The van der Waals surface area contributed by atoms with E-state index in [1.165, 1.54) is 24.7 Å². The number of anilines is 1. The Balaban J connectivity index is 1.90. The number of fused-ring (bicyclic) bond motifs is 1. The van der Waals surface area contributed by atoms with E-state index in [4.69, 9.17) is 11.6 Å². The van der Waals surface area contributed by atoms with Crippen LogP contribution in [-0.2, 0) is 6.54 Å². The number of hydrogen-bond acceptors (Lipinski definition) is 4. The highest BCUT2D eigenvalue weighted by molar-refractivity contribution is 6.30. The number of nitrogens with one attached hydrogen (secondary N) is 2. The highest BCUT2D eigenvalue weighted by Gasteiger charge is 2.08. The summed E-state index contributed by atoms with van der Waals surface area (Å²) in [5.41, 5.74) is 1.41. The van der Waals surface area contributed by atoms with Gasteiger partial charge in [-0.15, -0.1) is 0 Å². The van der Waals surface area contributed by atoms with Crippen LogP contribution >= 0.6 is 11.6 Å². The summed E-state index contributed by atoms with van der Waals surface area (Å²) in [5, 5.41) is 2.93. The van der Waals surface area contributed by atoms with Gasteiger partial charge in [0.25, 0.3) is 0 Å². The van der Waals surface area contributed by atoms with E-state index in [9.17, 15) is 9.18 Å². The molecule has 21 heavy (non-hydrogen) atoms. The number of hydrogen-bond donors (Lipinski definition) is 2. The van der Waals surface area contributed by atoms with E-state index in [0.29, 0.717) is 16.6 Å². The molecular weight excluding hydrogens is 295 g/mol. The fourth-order valence-corrected chi connectivity index (χ4v) is 2.11. The van der Waals surface area contributed by atoms with Crippen molar-refractivity contribution < 1.29 is 4.39 Å². The van der Waals surface area contributed by atoms with Crippen LogP contribution < -0.4 is 10.7 Å². The molecule has 2 heterocycles. The van der Waals surface area contributed by atoms with E-state index < -0.39 is 5.82 Å². The van der Waals surface area contributed by atoms with Crippen LogP contribution in [-0.4, -0.2) is 15.0 Å². The second-order valence-corrected chi connectivity index (χ2v) is 4.80. The molecule has 0 aliphatic carbocycles. The van der Waals surface area contributed by atoms with Crippen LogP contribution in [0.5, 0.6) is 0 Å². The monoisotopic (exact) mass is 304 g/mol. The first-order valence-corrected chi connectivity index (χ1v) is 6.52. The van der Waals surface area contributed by atoms with Crippen molar-refractivity contribution in [2.45, 2.75) is 6.54 Å². The molecule has 0 spiro atoms. The molecule has 0 atom stereocenters. The number of pyridine rings is 1. The van der Waals surface area contributed by atoms with Crippen LogP contribution in [0.2, 0.25) is 5.02 Å². The lowest BCUT2D eigenvalue weighted by Crippen LogP contribution is -2.12. The first kappa shape index (κ1) is 13.5. The standard InChI is InChI=1S/C14H10ClFN4O/c15-9-6-17-7-13(14(9)21)20-5-8-3-11-12(4-10(8)16)19-2-1-18-11/h1-4,6-7,20H,5H2,(H,17,21). The van der Waals surface area contributed by atoms with Gasteiger partial charge in [0, 0.05) is 43.0 Å². The molecule has 106 valence electrons. The van der Waals surface area contributed by atoms with Crippen molar-refractivity contribution in [2.24, 2.45) is 0 Å².